The van der Waals surface area contributed by atoms with Gasteiger partial charge in [-0.3, -0.25) is 0 Å². The Labute approximate surface area is 236 Å². The molecule has 1 aliphatic heterocycles. The van der Waals surface area contributed by atoms with Gasteiger partial charge in [-0.1, -0.05) is 72.8 Å². The Morgan fingerprint density at radius 3 is 2.17 bits per heavy atom. The van der Waals surface area contributed by atoms with Gasteiger partial charge in [-0.2, -0.15) is 0 Å². The van der Waals surface area contributed by atoms with E-state index >= 15 is 0 Å². The van der Waals surface area contributed by atoms with Crippen molar-refractivity contribution in [2.45, 2.75) is 11.5 Å². The fourth-order valence-electron chi connectivity index (χ4n) is 5.33. The lowest BCUT2D eigenvalue weighted by Crippen LogP contribution is -2.43. The van der Waals surface area contributed by atoms with Crippen LogP contribution < -0.4 is 15.0 Å². The minimum atomic E-state index is -3.27. The normalized spacial score (nSPS) is 13.9. The van der Waals surface area contributed by atoms with E-state index in [-0.39, 0.29) is 0 Å². The number of piperazine rings is 1. The van der Waals surface area contributed by atoms with Crippen LogP contribution in [0.15, 0.2) is 114 Å². The quantitative estimate of drug-likeness (QED) is 0.249. The predicted molar refractivity (Wildman–Crippen MR) is 164 cm³/mol. The Morgan fingerprint density at radius 2 is 1.48 bits per heavy atom. The van der Waals surface area contributed by atoms with Crippen LogP contribution in [-0.4, -0.2) is 40.9 Å². The molecule has 0 radical (unpaired) electrons. The highest BCUT2D eigenvalue weighted by atomic mass is 32.2. The highest BCUT2D eigenvalue weighted by molar-refractivity contribution is 7.90. The van der Waals surface area contributed by atoms with Crippen LogP contribution in [0.1, 0.15) is 5.56 Å². The Kier molecular flexibility index (Phi) is 7.29. The lowest BCUT2D eigenvalue weighted by atomic mass is 9.89. The zero-order valence-electron chi connectivity index (χ0n) is 22.5. The number of hydrogen-bond donors (Lipinski definition) is 1. The van der Waals surface area contributed by atoms with Crippen LogP contribution in [0.4, 0.5) is 5.69 Å². The molecule has 0 atom stereocenters. The molecule has 1 fully saturated rings. The van der Waals surface area contributed by atoms with E-state index in [0.29, 0.717) is 11.5 Å². The maximum Gasteiger partial charge on any atom is 0.175 e. The van der Waals surface area contributed by atoms with E-state index in [9.17, 15) is 8.42 Å². The van der Waals surface area contributed by atoms with E-state index < -0.39 is 9.84 Å². The van der Waals surface area contributed by atoms with Crippen molar-refractivity contribution in [1.29, 1.82) is 0 Å². The van der Waals surface area contributed by atoms with Crippen LogP contribution in [0.5, 0.6) is 5.75 Å². The molecule has 40 heavy (non-hydrogen) atoms. The van der Waals surface area contributed by atoms with E-state index in [1.54, 1.807) is 12.1 Å². The second kappa shape index (κ2) is 11.2. The first-order valence-electron chi connectivity index (χ1n) is 13.6. The summed E-state index contributed by atoms with van der Waals surface area (Å²) in [5, 5.41) is 5.62. The highest BCUT2D eigenvalue weighted by Gasteiger charge is 2.16. The van der Waals surface area contributed by atoms with Gasteiger partial charge in [0.25, 0.3) is 0 Å². The third-order valence-corrected chi connectivity index (χ3v) is 8.60. The van der Waals surface area contributed by atoms with Crippen molar-refractivity contribution < 1.29 is 13.2 Å². The summed E-state index contributed by atoms with van der Waals surface area (Å²) in [6.07, 6.45) is 1.24. The smallest absolute Gasteiger partial charge is 0.175 e. The predicted octanol–water partition coefficient (Wildman–Crippen LogP) is 6.57. The minimum Gasteiger partial charge on any atom is -0.489 e. The first kappa shape index (κ1) is 26.1. The maximum absolute atomic E-state index is 12.1. The van der Waals surface area contributed by atoms with Crippen LogP contribution in [0, 0.1) is 0 Å². The standard InChI is InChI=1S/C34H32N2O3S/c1-40(37,38)31-15-9-26(10-16-31)32-17-11-28-23-30(39-24-25-5-3-2-4-6-25)14-18-33(28)34(32)27-7-12-29(13-8-27)36-21-19-35-20-22-36/h2-18,23,35H,19-22,24H2,1H3. The van der Waals surface area contributed by atoms with E-state index in [1.807, 2.05) is 36.4 Å². The van der Waals surface area contributed by atoms with Gasteiger partial charge in [-0.15, -0.1) is 0 Å². The monoisotopic (exact) mass is 548 g/mol. The van der Waals surface area contributed by atoms with Crippen molar-refractivity contribution in [3.05, 3.63) is 115 Å². The SMILES string of the molecule is CS(=O)(=O)c1ccc(-c2ccc3cc(OCc4ccccc4)ccc3c2-c2ccc(N3CCNCC3)cc2)cc1. The fraction of sp³-hybridized carbons (Fsp3) is 0.176. The van der Waals surface area contributed by atoms with Gasteiger partial charge in [-0.05, 0) is 75.0 Å². The molecule has 1 saturated heterocycles. The van der Waals surface area contributed by atoms with Gasteiger partial charge in [0, 0.05) is 38.1 Å². The van der Waals surface area contributed by atoms with Crippen LogP contribution in [0.25, 0.3) is 33.0 Å². The third kappa shape index (κ3) is 5.60. The molecule has 0 aliphatic carbocycles. The summed E-state index contributed by atoms with van der Waals surface area (Å²) < 4.78 is 30.2. The minimum absolute atomic E-state index is 0.319. The summed E-state index contributed by atoms with van der Waals surface area (Å²) in [7, 11) is -3.27. The van der Waals surface area contributed by atoms with Crippen molar-refractivity contribution >= 4 is 26.3 Å². The number of fused-ring (bicyclic) bond motifs is 1. The summed E-state index contributed by atoms with van der Waals surface area (Å²) in [6, 6.07) is 36.6. The molecule has 1 N–H and O–H groups in total. The van der Waals surface area contributed by atoms with Gasteiger partial charge in [-0.25, -0.2) is 8.42 Å². The average molecular weight is 549 g/mol. The van der Waals surface area contributed by atoms with Crippen LogP contribution in [-0.2, 0) is 16.4 Å². The zero-order valence-corrected chi connectivity index (χ0v) is 23.3. The lowest BCUT2D eigenvalue weighted by molar-refractivity contribution is 0.306. The second-order valence-electron chi connectivity index (χ2n) is 10.2. The van der Waals surface area contributed by atoms with Crippen LogP contribution in [0.3, 0.4) is 0 Å². The van der Waals surface area contributed by atoms with Gasteiger partial charge in [0.05, 0.1) is 4.90 Å². The van der Waals surface area contributed by atoms with Gasteiger partial charge in [0.1, 0.15) is 12.4 Å². The molecular formula is C34H32N2O3S. The Balaban J connectivity index is 1.41. The summed E-state index contributed by atoms with van der Waals surface area (Å²) in [5.41, 5.74) is 6.61. The van der Waals surface area contributed by atoms with Crippen molar-refractivity contribution in [1.82, 2.24) is 5.32 Å². The molecule has 6 rings (SSSR count). The number of ether oxygens (including phenoxy) is 1. The average Bonchev–Trinajstić information content (AvgIpc) is 3.00. The van der Waals surface area contributed by atoms with Crippen molar-refractivity contribution in [3.8, 4) is 28.0 Å². The molecule has 6 heteroatoms. The third-order valence-electron chi connectivity index (χ3n) is 7.47. The lowest BCUT2D eigenvalue weighted by Gasteiger charge is -2.29. The highest BCUT2D eigenvalue weighted by Crippen LogP contribution is 2.40. The van der Waals surface area contributed by atoms with Crippen LogP contribution >= 0.6 is 0 Å². The number of nitrogens with one attached hydrogen (secondary N) is 1. The molecule has 0 amide bonds. The summed E-state index contributed by atoms with van der Waals surface area (Å²) in [6.45, 7) is 4.49. The summed E-state index contributed by atoms with van der Waals surface area (Å²) in [5.74, 6) is 0.821. The number of nitrogens with zero attached hydrogens (tertiary/aromatic N) is 1. The molecule has 0 unspecified atom stereocenters. The molecule has 5 nitrogen and oxygen atoms in total. The van der Waals surface area contributed by atoms with Gasteiger partial charge >= 0.3 is 0 Å². The summed E-state index contributed by atoms with van der Waals surface area (Å²) in [4.78, 5) is 2.73. The topological polar surface area (TPSA) is 58.6 Å². The van der Waals surface area contributed by atoms with Crippen molar-refractivity contribution in [2.75, 3.05) is 37.3 Å². The number of hydrogen-bond acceptors (Lipinski definition) is 5. The molecular weight excluding hydrogens is 516 g/mol. The van der Waals surface area contributed by atoms with Crippen molar-refractivity contribution in [2.24, 2.45) is 0 Å². The van der Waals surface area contributed by atoms with E-state index in [4.69, 9.17) is 4.74 Å². The molecule has 0 bridgehead atoms. The van der Waals surface area contributed by atoms with E-state index in [1.165, 1.54) is 11.9 Å². The molecule has 1 aliphatic rings. The molecule has 0 saturated carbocycles. The van der Waals surface area contributed by atoms with Crippen molar-refractivity contribution in [3.63, 3.8) is 0 Å². The number of sulfone groups is 1. The first-order chi connectivity index (χ1) is 19.5. The Hall–Kier alpha value is -4.13. The largest absolute Gasteiger partial charge is 0.489 e. The molecule has 0 spiro atoms. The maximum atomic E-state index is 12.1. The fourth-order valence-corrected chi connectivity index (χ4v) is 5.96. The van der Waals surface area contributed by atoms with E-state index in [2.05, 4.69) is 70.9 Å². The zero-order chi connectivity index (χ0) is 27.5. The molecule has 0 aromatic heterocycles. The summed E-state index contributed by atoms with van der Waals surface area (Å²) >= 11 is 0. The Morgan fingerprint density at radius 1 is 0.775 bits per heavy atom. The van der Waals surface area contributed by atoms with Gasteiger partial charge in [0.15, 0.2) is 9.84 Å². The molecule has 202 valence electrons. The number of rotatable bonds is 7. The first-order valence-corrected chi connectivity index (χ1v) is 15.4. The van der Waals surface area contributed by atoms with Crippen LogP contribution in [0.2, 0.25) is 0 Å². The molecule has 1 heterocycles. The number of anilines is 1. The second-order valence-corrected chi connectivity index (χ2v) is 12.2. The van der Waals surface area contributed by atoms with E-state index in [0.717, 1.165) is 70.5 Å². The van der Waals surface area contributed by atoms with Gasteiger partial charge in [0.2, 0.25) is 0 Å². The van der Waals surface area contributed by atoms with Gasteiger partial charge < -0.3 is 15.0 Å². The number of benzene rings is 5. The Bertz CT molecular complexity index is 1730. The molecule has 5 aromatic rings. The molecule has 5 aromatic carbocycles.